The van der Waals surface area contributed by atoms with E-state index in [1.807, 2.05) is 68.6 Å². The summed E-state index contributed by atoms with van der Waals surface area (Å²) >= 11 is 0. The van der Waals surface area contributed by atoms with Crippen LogP contribution in [0.5, 0.6) is 0 Å². The highest BCUT2D eigenvalue weighted by Crippen LogP contribution is 2.26. The highest BCUT2D eigenvalue weighted by atomic mass is 15.1. The summed E-state index contributed by atoms with van der Waals surface area (Å²) in [5, 5.41) is 3.25. The third kappa shape index (κ3) is 2.97. The summed E-state index contributed by atoms with van der Waals surface area (Å²) in [7, 11) is 1.88. The lowest BCUT2D eigenvalue weighted by molar-refractivity contribution is 0.457. The summed E-state index contributed by atoms with van der Waals surface area (Å²) in [6.45, 7) is 5.87. The van der Waals surface area contributed by atoms with Crippen LogP contribution in [0.25, 0.3) is 5.57 Å². The minimum atomic E-state index is -0.711. The van der Waals surface area contributed by atoms with Crippen LogP contribution in [-0.2, 0) is 5.66 Å². The van der Waals surface area contributed by atoms with Gasteiger partial charge in [0.2, 0.25) is 0 Å². The van der Waals surface area contributed by atoms with Crippen LogP contribution in [0.4, 0.5) is 0 Å². The van der Waals surface area contributed by atoms with Gasteiger partial charge in [-0.1, -0.05) is 67.3 Å². The fourth-order valence-electron chi connectivity index (χ4n) is 2.50. The fraction of sp³-hybridized carbons (Fsp3) is 0.158. The van der Waals surface area contributed by atoms with Crippen molar-refractivity contribution in [2.75, 3.05) is 7.05 Å². The van der Waals surface area contributed by atoms with Gasteiger partial charge >= 0.3 is 0 Å². The predicted molar refractivity (Wildman–Crippen MR) is 90.8 cm³/mol. The summed E-state index contributed by atoms with van der Waals surface area (Å²) in [6.07, 6.45) is 3.91. The number of nitrogens with two attached hydrogens (primary N) is 1. The summed E-state index contributed by atoms with van der Waals surface area (Å²) in [6, 6.07) is 18.3. The van der Waals surface area contributed by atoms with Gasteiger partial charge in [0, 0.05) is 0 Å². The van der Waals surface area contributed by atoms with Crippen LogP contribution >= 0.6 is 0 Å². The Hall–Kier alpha value is -2.16. The van der Waals surface area contributed by atoms with E-state index in [4.69, 9.17) is 5.73 Å². The van der Waals surface area contributed by atoms with Gasteiger partial charge in [-0.3, -0.25) is 5.32 Å². The monoisotopic (exact) mass is 278 g/mol. The third-order valence-electron chi connectivity index (χ3n) is 3.81. The molecule has 2 rings (SSSR count). The Morgan fingerprint density at radius 3 is 2.33 bits per heavy atom. The molecule has 0 bridgehead atoms. The van der Waals surface area contributed by atoms with Crippen LogP contribution < -0.4 is 11.1 Å². The Labute approximate surface area is 127 Å². The summed E-state index contributed by atoms with van der Waals surface area (Å²) in [4.78, 5) is 0. The van der Waals surface area contributed by atoms with Gasteiger partial charge in [-0.05, 0) is 42.3 Å². The van der Waals surface area contributed by atoms with Gasteiger partial charge in [-0.2, -0.15) is 0 Å². The number of hydrogen-bond acceptors (Lipinski definition) is 2. The second-order valence-corrected chi connectivity index (χ2v) is 4.95. The second kappa shape index (κ2) is 6.53. The quantitative estimate of drug-likeness (QED) is 0.647. The zero-order chi connectivity index (χ0) is 15.3. The zero-order valence-electron chi connectivity index (χ0n) is 12.6. The van der Waals surface area contributed by atoms with Gasteiger partial charge in [0.05, 0.1) is 0 Å². The van der Waals surface area contributed by atoms with Crippen molar-refractivity contribution in [2.24, 2.45) is 5.73 Å². The molecule has 0 saturated heterocycles. The van der Waals surface area contributed by atoms with Crippen LogP contribution in [0.15, 0.2) is 73.3 Å². The molecular formula is C19H22N2. The minimum absolute atomic E-state index is 0.711. The number of allylic oxidation sites excluding steroid dienone is 3. The summed E-state index contributed by atoms with van der Waals surface area (Å²) in [5.41, 5.74) is 10.2. The van der Waals surface area contributed by atoms with E-state index in [9.17, 15) is 0 Å². The molecule has 0 radical (unpaired) electrons. The normalized spacial score (nSPS) is 14.5. The molecule has 0 fully saturated rings. The van der Waals surface area contributed by atoms with E-state index < -0.39 is 5.66 Å². The molecule has 2 nitrogen and oxygen atoms in total. The minimum Gasteiger partial charge on any atom is -0.306 e. The molecule has 1 unspecified atom stereocenters. The van der Waals surface area contributed by atoms with E-state index in [0.717, 1.165) is 22.3 Å². The molecule has 0 amide bonds. The van der Waals surface area contributed by atoms with Crippen molar-refractivity contribution in [3.8, 4) is 0 Å². The van der Waals surface area contributed by atoms with Crippen molar-refractivity contribution in [1.82, 2.24) is 5.32 Å². The number of nitrogens with one attached hydrogen (secondary N) is 1. The van der Waals surface area contributed by atoms with Crippen LogP contribution in [0.1, 0.15) is 23.6 Å². The molecule has 0 saturated carbocycles. The van der Waals surface area contributed by atoms with Crippen molar-refractivity contribution in [1.29, 1.82) is 0 Å². The SMILES string of the molecule is C=C/C(=C\C)c1cccc(C(N)(NC)c2ccccc2)c1. The van der Waals surface area contributed by atoms with Gasteiger partial charge < -0.3 is 5.73 Å². The lowest BCUT2D eigenvalue weighted by Crippen LogP contribution is -2.49. The molecule has 0 aliphatic rings. The molecule has 3 N–H and O–H groups in total. The van der Waals surface area contributed by atoms with Crippen LogP contribution in [-0.4, -0.2) is 7.05 Å². The molecule has 1 atom stereocenters. The van der Waals surface area contributed by atoms with E-state index >= 15 is 0 Å². The average molecular weight is 278 g/mol. The molecule has 0 aliphatic heterocycles. The van der Waals surface area contributed by atoms with Gasteiger partial charge in [0.25, 0.3) is 0 Å². The maximum absolute atomic E-state index is 6.64. The number of hydrogen-bond donors (Lipinski definition) is 2. The number of benzene rings is 2. The van der Waals surface area contributed by atoms with Crippen molar-refractivity contribution in [2.45, 2.75) is 12.6 Å². The molecule has 2 aromatic rings. The molecule has 0 spiro atoms. The maximum atomic E-state index is 6.64. The summed E-state index contributed by atoms with van der Waals surface area (Å²) in [5.74, 6) is 0. The molecule has 0 aliphatic carbocycles. The molecule has 2 heteroatoms. The largest absolute Gasteiger partial charge is 0.306 e. The van der Waals surface area contributed by atoms with Crippen LogP contribution in [0.3, 0.4) is 0 Å². The lowest BCUT2D eigenvalue weighted by Gasteiger charge is -2.30. The first-order valence-electron chi connectivity index (χ1n) is 7.08. The maximum Gasteiger partial charge on any atom is 0.119 e. The van der Waals surface area contributed by atoms with E-state index in [1.165, 1.54) is 0 Å². The van der Waals surface area contributed by atoms with Crippen LogP contribution in [0.2, 0.25) is 0 Å². The topological polar surface area (TPSA) is 38.0 Å². The van der Waals surface area contributed by atoms with E-state index in [2.05, 4.69) is 24.0 Å². The first-order chi connectivity index (χ1) is 10.2. The molecule has 0 heterocycles. The summed E-state index contributed by atoms with van der Waals surface area (Å²) < 4.78 is 0. The van der Waals surface area contributed by atoms with Crippen LogP contribution in [0, 0.1) is 0 Å². The lowest BCUT2D eigenvalue weighted by atomic mass is 9.90. The molecule has 108 valence electrons. The average Bonchev–Trinajstić information content (AvgIpc) is 2.56. The Morgan fingerprint density at radius 1 is 1.10 bits per heavy atom. The Morgan fingerprint density at radius 2 is 1.76 bits per heavy atom. The standard InChI is InChI=1S/C19H22N2/c1-4-15(5-2)16-10-9-13-18(14-16)19(20,21-3)17-11-7-6-8-12-17/h4-14,21H,1,20H2,2-3H3/b15-5+. The van der Waals surface area contributed by atoms with E-state index in [0.29, 0.717) is 0 Å². The van der Waals surface area contributed by atoms with E-state index in [-0.39, 0.29) is 0 Å². The van der Waals surface area contributed by atoms with Crippen molar-refractivity contribution >= 4 is 5.57 Å². The molecule has 0 aromatic heterocycles. The zero-order valence-corrected chi connectivity index (χ0v) is 12.6. The van der Waals surface area contributed by atoms with Crippen molar-refractivity contribution in [3.05, 3.63) is 90.0 Å². The highest BCUT2D eigenvalue weighted by Gasteiger charge is 2.27. The van der Waals surface area contributed by atoms with Gasteiger partial charge in [0.1, 0.15) is 5.66 Å². The molecule has 2 aromatic carbocycles. The first-order valence-corrected chi connectivity index (χ1v) is 7.08. The first kappa shape index (κ1) is 15.2. The Kier molecular flexibility index (Phi) is 4.73. The van der Waals surface area contributed by atoms with Crippen molar-refractivity contribution < 1.29 is 0 Å². The third-order valence-corrected chi connectivity index (χ3v) is 3.81. The fourth-order valence-corrected chi connectivity index (χ4v) is 2.50. The van der Waals surface area contributed by atoms with Crippen molar-refractivity contribution in [3.63, 3.8) is 0 Å². The second-order valence-electron chi connectivity index (χ2n) is 4.95. The van der Waals surface area contributed by atoms with Gasteiger partial charge in [-0.25, -0.2) is 0 Å². The van der Waals surface area contributed by atoms with Gasteiger partial charge in [-0.15, -0.1) is 0 Å². The Bertz CT molecular complexity index is 644. The smallest absolute Gasteiger partial charge is 0.119 e. The molecular weight excluding hydrogens is 256 g/mol. The van der Waals surface area contributed by atoms with E-state index in [1.54, 1.807) is 0 Å². The van der Waals surface area contributed by atoms with Gasteiger partial charge in [0.15, 0.2) is 0 Å². The molecule has 21 heavy (non-hydrogen) atoms. The highest BCUT2D eigenvalue weighted by molar-refractivity contribution is 5.73. The Balaban J connectivity index is 2.53. The predicted octanol–water partition coefficient (Wildman–Crippen LogP) is 3.66. The number of rotatable bonds is 5.